The second-order valence-corrected chi connectivity index (χ2v) is 7.64. The lowest BCUT2D eigenvalue weighted by Gasteiger charge is -2.11. The topological polar surface area (TPSA) is 83.6 Å². The van der Waals surface area contributed by atoms with Crippen molar-refractivity contribution >= 4 is 28.5 Å². The first-order valence-corrected chi connectivity index (χ1v) is 10.2. The van der Waals surface area contributed by atoms with Gasteiger partial charge in [-0.3, -0.25) is 10.1 Å². The van der Waals surface area contributed by atoms with Gasteiger partial charge in [-0.1, -0.05) is 30.7 Å². The third kappa shape index (κ3) is 5.58. The van der Waals surface area contributed by atoms with Gasteiger partial charge in [-0.25, -0.2) is 0 Å². The average molecular weight is 445 g/mol. The number of nitrogens with zero attached hydrogens (tertiary/aromatic N) is 4. The molecule has 0 aliphatic rings. The number of rotatable bonds is 7. The summed E-state index contributed by atoms with van der Waals surface area (Å²) in [5.74, 6) is -0.669. The van der Waals surface area contributed by atoms with E-state index in [0.717, 1.165) is 36.4 Å². The molecule has 0 aliphatic carbocycles. The Hall–Kier alpha value is -3.45. The number of hydrogen-bond donors (Lipinski definition) is 1. The van der Waals surface area contributed by atoms with E-state index < -0.39 is 17.6 Å². The molecule has 1 amide bonds. The van der Waals surface area contributed by atoms with E-state index in [1.165, 1.54) is 34.1 Å². The molecule has 10 heteroatoms. The van der Waals surface area contributed by atoms with E-state index in [2.05, 4.69) is 22.4 Å². The summed E-state index contributed by atoms with van der Waals surface area (Å²) in [5, 5.41) is 21.0. The fourth-order valence-electron chi connectivity index (χ4n) is 2.77. The maximum absolute atomic E-state index is 13.0. The van der Waals surface area contributed by atoms with Crippen LogP contribution in [-0.2, 0) is 17.4 Å². The highest BCUT2D eigenvalue weighted by molar-refractivity contribution is 7.15. The van der Waals surface area contributed by atoms with E-state index in [1.54, 1.807) is 18.3 Å². The zero-order valence-electron chi connectivity index (χ0n) is 16.5. The number of nitrogens with one attached hydrogen (secondary N) is 1. The fraction of sp³-hybridized carbons (Fsp3) is 0.238. The molecule has 3 aromatic rings. The summed E-state index contributed by atoms with van der Waals surface area (Å²) in [4.78, 5) is 12.5. The number of benzene rings is 1. The Bertz CT molecular complexity index is 1140. The van der Waals surface area contributed by atoms with Crippen LogP contribution in [0.3, 0.4) is 0 Å². The van der Waals surface area contributed by atoms with E-state index in [4.69, 9.17) is 0 Å². The number of carbonyl (C=O) groups excluding carboxylic acids is 1. The molecule has 3 rings (SSSR count). The number of alkyl halides is 3. The Labute approximate surface area is 180 Å². The van der Waals surface area contributed by atoms with Crippen molar-refractivity contribution in [3.8, 4) is 11.8 Å². The van der Waals surface area contributed by atoms with Crippen molar-refractivity contribution < 1.29 is 18.0 Å². The molecule has 31 heavy (non-hydrogen) atoms. The third-order valence-corrected chi connectivity index (χ3v) is 5.22. The number of anilines is 1. The standard InChI is InChI=1S/C21H18F3N5OS/c1-2-3-9-18-27-28-20(31-18)26-19(30)14(13-25)11-16-8-5-10-29(16)17-7-4-6-15(12-17)21(22,23)24/h4-8,10-12H,2-3,9H2,1H3,(H,26,28,30)/b14-11-. The smallest absolute Gasteiger partial charge is 0.317 e. The first-order chi connectivity index (χ1) is 14.8. The number of amides is 1. The molecule has 0 saturated carbocycles. The van der Waals surface area contributed by atoms with Gasteiger partial charge in [-0.2, -0.15) is 18.4 Å². The molecular weight excluding hydrogens is 427 g/mol. The van der Waals surface area contributed by atoms with Gasteiger partial charge in [0, 0.05) is 24.0 Å². The summed E-state index contributed by atoms with van der Waals surface area (Å²) in [6.07, 6.45) is 1.12. The Balaban J connectivity index is 1.83. The lowest BCUT2D eigenvalue weighted by Crippen LogP contribution is -2.13. The second kappa shape index (κ2) is 9.57. The van der Waals surface area contributed by atoms with Crippen molar-refractivity contribution in [2.45, 2.75) is 32.4 Å². The van der Waals surface area contributed by atoms with Gasteiger partial charge in [0.1, 0.15) is 16.6 Å². The van der Waals surface area contributed by atoms with Crippen LogP contribution in [0.25, 0.3) is 11.8 Å². The quantitative estimate of drug-likeness (QED) is 0.398. The summed E-state index contributed by atoms with van der Waals surface area (Å²) in [5.41, 5.74) is -0.361. The lowest BCUT2D eigenvalue weighted by molar-refractivity contribution is -0.137. The number of halogens is 3. The van der Waals surface area contributed by atoms with Crippen LogP contribution in [0.1, 0.15) is 36.0 Å². The van der Waals surface area contributed by atoms with Crippen LogP contribution in [0.15, 0.2) is 48.2 Å². The monoisotopic (exact) mass is 445 g/mol. The van der Waals surface area contributed by atoms with Crippen molar-refractivity contribution in [2.24, 2.45) is 0 Å². The van der Waals surface area contributed by atoms with E-state index in [9.17, 15) is 23.2 Å². The van der Waals surface area contributed by atoms with Crippen molar-refractivity contribution in [3.05, 3.63) is 64.4 Å². The molecule has 2 heterocycles. The summed E-state index contributed by atoms with van der Waals surface area (Å²) >= 11 is 1.24. The minimum Gasteiger partial charge on any atom is -0.317 e. The predicted molar refractivity (Wildman–Crippen MR) is 112 cm³/mol. The lowest BCUT2D eigenvalue weighted by atomic mass is 10.2. The number of unbranched alkanes of at least 4 members (excludes halogenated alkanes) is 1. The highest BCUT2D eigenvalue weighted by Gasteiger charge is 2.30. The Morgan fingerprint density at radius 2 is 2.10 bits per heavy atom. The fourth-order valence-corrected chi connectivity index (χ4v) is 3.55. The van der Waals surface area contributed by atoms with Gasteiger partial charge in [0.2, 0.25) is 5.13 Å². The van der Waals surface area contributed by atoms with Crippen LogP contribution in [-0.4, -0.2) is 20.7 Å². The molecule has 0 spiro atoms. The van der Waals surface area contributed by atoms with Crippen LogP contribution in [0.4, 0.5) is 18.3 Å². The highest BCUT2D eigenvalue weighted by Crippen LogP contribution is 2.30. The van der Waals surface area contributed by atoms with E-state index in [1.807, 2.05) is 6.07 Å². The van der Waals surface area contributed by atoms with Crippen LogP contribution in [0.2, 0.25) is 0 Å². The van der Waals surface area contributed by atoms with Crippen LogP contribution in [0, 0.1) is 11.3 Å². The van der Waals surface area contributed by atoms with Crippen molar-refractivity contribution in [3.63, 3.8) is 0 Å². The molecule has 0 bridgehead atoms. The number of aromatic nitrogens is 3. The maximum atomic E-state index is 13.0. The Morgan fingerprint density at radius 1 is 1.29 bits per heavy atom. The zero-order valence-corrected chi connectivity index (χ0v) is 17.3. The molecule has 0 atom stereocenters. The number of aryl methyl sites for hydroxylation is 1. The zero-order chi connectivity index (χ0) is 22.4. The minimum atomic E-state index is -4.48. The molecule has 6 nitrogen and oxygen atoms in total. The molecule has 0 aliphatic heterocycles. The van der Waals surface area contributed by atoms with Crippen LogP contribution in [0.5, 0.6) is 0 Å². The summed E-state index contributed by atoms with van der Waals surface area (Å²) < 4.78 is 40.6. The van der Waals surface area contributed by atoms with Gasteiger partial charge < -0.3 is 4.57 Å². The van der Waals surface area contributed by atoms with Gasteiger partial charge in [-0.15, -0.1) is 10.2 Å². The molecule has 1 aromatic carbocycles. The van der Waals surface area contributed by atoms with Crippen LogP contribution < -0.4 is 5.32 Å². The first-order valence-electron chi connectivity index (χ1n) is 9.42. The Morgan fingerprint density at radius 3 is 2.81 bits per heavy atom. The molecule has 160 valence electrons. The summed E-state index contributed by atoms with van der Waals surface area (Å²) in [7, 11) is 0. The van der Waals surface area contributed by atoms with Crippen molar-refractivity contribution in [2.75, 3.05) is 5.32 Å². The first kappa shape index (κ1) is 22.2. The molecule has 0 saturated heterocycles. The van der Waals surface area contributed by atoms with Gasteiger partial charge in [-0.05, 0) is 42.8 Å². The predicted octanol–water partition coefficient (Wildman–Crippen LogP) is 5.24. The minimum absolute atomic E-state index is 0.211. The SMILES string of the molecule is CCCCc1nnc(NC(=O)/C(C#N)=C\c2cccn2-c2cccc(C(F)(F)F)c2)s1. The summed E-state index contributed by atoms with van der Waals surface area (Å²) in [6, 6.07) is 9.83. The van der Waals surface area contributed by atoms with Gasteiger partial charge in [0.15, 0.2) is 0 Å². The normalized spacial score (nSPS) is 11.9. The molecule has 0 fully saturated rings. The second-order valence-electron chi connectivity index (χ2n) is 6.58. The highest BCUT2D eigenvalue weighted by atomic mass is 32.1. The van der Waals surface area contributed by atoms with E-state index >= 15 is 0 Å². The van der Waals surface area contributed by atoms with Gasteiger partial charge >= 0.3 is 6.18 Å². The molecule has 0 radical (unpaired) electrons. The maximum Gasteiger partial charge on any atom is 0.416 e. The van der Waals surface area contributed by atoms with Crippen LogP contribution >= 0.6 is 11.3 Å². The average Bonchev–Trinajstić information content (AvgIpc) is 3.39. The molecule has 1 N–H and O–H groups in total. The number of hydrogen-bond acceptors (Lipinski definition) is 5. The van der Waals surface area contributed by atoms with Gasteiger partial charge in [0.25, 0.3) is 5.91 Å². The van der Waals surface area contributed by atoms with Crippen molar-refractivity contribution in [1.82, 2.24) is 14.8 Å². The van der Waals surface area contributed by atoms with E-state index in [0.29, 0.717) is 5.69 Å². The number of nitriles is 1. The Kier molecular flexibility index (Phi) is 6.87. The van der Waals surface area contributed by atoms with Crippen molar-refractivity contribution in [1.29, 1.82) is 5.26 Å². The number of carbonyl (C=O) groups is 1. The molecule has 2 aromatic heterocycles. The largest absolute Gasteiger partial charge is 0.416 e. The van der Waals surface area contributed by atoms with E-state index in [-0.39, 0.29) is 16.4 Å². The summed E-state index contributed by atoms with van der Waals surface area (Å²) in [6.45, 7) is 2.06. The van der Waals surface area contributed by atoms with Gasteiger partial charge in [0.05, 0.1) is 5.56 Å². The molecular formula is C21H18F3N5OS. The third-order valence-electron chi connectivity index (χ3n) is 4.32. The molecule has 0 unspecified atom stereocenters.